The highest BCUT2D eigenvalue weighted by molar-refractivity contribution is 5.99. The Kier molecular flexibility index (Phi) is 2.88. The van der Waals surface area contributed by atoms with E-state index in [-0.39, 0.29) is 18.5 Å². The molecule has 1 atom stereocenters. The molecule has 1 unspecified atom stereocenters. The van der Waals surface area contributed by atoms with Crippen LogP contribution in [0.3, 0.4) is 0 Å². The molecule has 1 aromatic carbocycles. The number of carboxylic acid groups (broad SMARTS) is 1. The van der Waals surface area contributed by atoms with Gasteiger partial charge >= 0.3 is 5.97 Å². The Morgan fingerprint density at radius 1 is 1.41 bits per heavy atom. The van der Waals surface area contributed by atoms with Gasteiger partial charge in [-0.25, -0.2) is 0 Å². The molecule has 2 rings (SSSR count). The largest absolute Gasteiger partial charge is 0.481 e. The molecule has 0 radical (unpaired) electrons. The molecule has 1 aliphatic rings. The first-order valence-corrected chi connectivity index (χ1v) is 5.65. The Hall–Kier alpha value is -1.84. The van der Waals surface area contributed by atoms with Crippen LogP contribution in [0, 0.1) is 0 Å². The van der Waals surface area contributed by atoms with Crippen molar-refractivity contribution in [3.63, 3.8) is 0 Å². The second kappa shape index (κ2) is 4.20. The first-order chi connectivity index (χ1) is 8.02. The number of fused-ring (bicyclic) bond motifs is 1. The van der Waals surface area contributed by atoms with Crippen LogP contribution < -0.4 is 0 Å². The second-order valence-electron chi connectivity index (χ2n) is 4.53. The third-order valence-corrected chi connectivity index (χ3v) is 3.13. The molecule has 0 spiro atoms. The average molecular weight is 233 g/mol. The van der Waals surface area contributed by atoms with Crippen molar-refractivity contribution in [1.29, 1.82) is 0 Å². The quantitative estimate of drug-likeness (QED) is 0.846. The fraction of sp³-hybridized carbons (Fsp3) is 0.385. The highest BCUT2D eigenvalue weighted by Crippen LogP contribution is 2.29. The molecule has 90 valence electrons. The molecule has 0 aliphatic carbocycles. The van der Waals surface area contributed by atoms with Gasteiger partial charge in [0.1, 0.15) is 5.92 Å². The minimum Gasteiger partial charge on any atom is -0.481 e. The summed E-state index contributed by atoms with van der Waals surface area (Å²) in [6, 6.07) is 6.97. The van der Waals surface area contributed by atoms with E-state index in [0.717, 1.165) is 0 Å². The number of nitrogens with zero attached hydrogens (tertiary/aromatic N) is 1. The van der Waals surface area contributed by atoms with Gasteiger partial charge < -0.3 is 10.0 Å². The second-order valence-corrected chi connectivity index (χ2v) is 4.53. The van der Waals surface area contributed by atoms with Crippen molar-refractivity contribution in [3.05, 3.63) is 35.4 Å². The number of hydrogen-bond acceptors (Lipinski definition) is 2. The van der Waals surface area contributed by atoms with Crippen molar-refractivity contribution in [2.75, 3.05) is 6.54 Å². The number of hydrogen-bond donors (Lipinski definition) is 1. The third kappa shape index (κ3) is 1.90. The summed E-state index contributed by atoms with van der Waals surface area (Å²) in [6.45, 7) is 4.04. The van der Waals surface area contributed by atoms with Gasteiger partial charge in [-0.1, -0.05) is 18.2 Å². The molecule has 17 heavy (non-hydrogen) atoms. The number of amides is 1. The zero-order valence-electron chi connectivity index (χ0n) is 9.88. The van der Waals surface area contributed by atoms with Crippen LogP contribution in [0.15, 0.2) is 24.3 Å². The van der Waals surface area contributed by atoms with Crippen LogP contribution in [0.5, 0.6) is 0 Å². The summed E-state index contributed by atoms with van der Waals surface area (Å²) in [6.07, 6.45) is 0. The Morgan fingerprint density at radius 3 is 2.65 bits per heavy atom. The summed E-state index contributed by atoms with van der Waals surface area (Å²) in [5, 5.41) is 9.23. The lowest BCUT2D eigenvalue weighted by Crippen LogP contribution is -2.45. The lowest BCUT2D eigenvalue weighted by molar-refractivity contribution is -0.139. The van der Waals surface area contributed by atoms with Crippen LogP contribution in [0.2, 0.25) is 0 Å². The van der Waals surface area contributed by atoms with E-state index >= 15 is 0 Å². The molecule has 0 aromatic heterocycles. The van der Waals surface area contributed by atoms with Gasteiger partial charge in [-0.2, -0.15) is 0 Å². The Bertz CT molecular complexity index is 467. The van der Waals surface area contributed by atoms with Crippen LogP contribution in [-0.2, 0) is 4.79 Å². The molecular weight excluding hydrogens is 218 g/mol. The fourth-order valence-corrected chi connectivity index (χ4v) is 2.18. The fourth-order valence-electron chi connectivity index (χ4n) is 2.18. The van der Waals surface area contributed by atoms with Crippen molar-refractivity contribution >= 4 is 11.9 Å². The van der Waals surface area contributed by atoms with Crippen molar-refractivity contribution < 1.29 is 14.7 Å². The van der Waals surface area contributed by atoms with E-state index in [9.17, 15) is 14.7 Å². The number of carboxylic acids is 1. The van der Waals surface area contributed by atoms with Crippen LogP contribution >= 0.6 is 0 Å². The van der Waals surface area contributed by atoms with Crippen LogP contribution in [-0.4, -0.2) is 34.5 Å². The van der Waals surface area contributed by atoms with Gasteiger partial charge in [0.2, 0.25) is 0 Å². The smallest absolute Gasteiger partial charge is 0.312 e. The summed E-state index contributed by atoms with van der Waals surface area (Å²) in [5.41, 5.74) is 1.14. The maximum atomic E-state index is 12.2. The predicted molar refractivity (Wildman–Crippen MR) is 63.0 cm³/mol. The number of carbonyl (C=O) groups is 2. The Labute approximate surface area is 99.9 Å². The Balaban J connectivity index is 2.51. The SMILES string of the molecule is CC(C)N1CC(C(=O)O)c2ccccc2C1=O. The van der Waals surface area contributed by atoms with Crippen LogP contribution in [0.25, 0.3) is 0 Å². The maximum absolute atomic E-state index is 12.2. The number of rotatable bonds is 2. The van der Waals surface area contributed by atoms with Gasteiger partial charge in [-0.05, 0) is 25.5 Å². The summed E-state index contributed by atoms with van der Waals surface area (Å²) < 4.78 is 0. The average Bonchev–Trinajstić information content (AvgIpc) is 2.29. The molecule has 0 saturated carbocycles. The van der Waals surface area contributed by atoms with Crippen molar-refractivity contribution in [1.82, 2.24) is 4.90 Å². The molecule has 1 N–H and O–H groups in total. The van der Waals surface area contributed by atoms with Crippen molar-refractivity contribution in [2.45, 2.75) is 25.8 Å². The summed E-state index contributed by atoms with van der Waals surface area (Å²) in [7, 11) is 0. The van der Waals surface area contributed by atoms with Crippen LogP contribution in [0.4, 0.5) is 0 Å². The van der Waals surface area contributed by atoms with E-state index in [1.165, 1.54) is 0 Å². The molecule has 0 fully saturated rings. The lowest BCUT2D eigenvalue weighted by Gasteiger charge is -2.35. The third-order valence-electron chi connectivity index (χ3n) is 3.13. The van der Waals surface area contributed by atoms with Crippen molar-refractivity contribution in [2.24, 2.45) is 0 Å². The number of benzene rings is 1. The standard InChI is InChI=1S/C13H15NO3/c1-8(2)14-7-11(13(16)17)9-5-3-4-6-10(9)12(14)15/h3-6,8,11H,7H2,1-2H3,(H,16,17). The molecule has 1 aromatic rings. The molecule has 1 heterocycles. The molecular formula is C13H15NO3. The van der Waals surface area contributed by atoms with E-state index in [4.69, 9.17) is 0 Å². The maximum Gasteiger partial charge on any atom is 0.312 e. The summed E-state index contributed by atoms with van der Waals surface area (Å²) >= 11 is 0. The minimum absolute atomic E-state index is 0.0118. The summed E-state index contributed by atoms with van der Waals surface area (Å²) in [5.74, 6) is -1.57. The van der Waals surface area contributed by atoms with Crippen molar-refractivity contribution in [3.8, 4) is 0 Å². The predicted octanol–water partition coefficient (Wildman–Crippen LogP) is 1.72. The van der Waals surface area contributed by atoms with Gasteiger partial charge in [0.25, 0.3) is 5.91 Å². The highest BCUT2D eigenvalue weighted by Gasteiger charge is 2.35. The molecule has 0 bridgehead atoms. The zero-order valence-corrected chi connectivity index (χ0v) is 9.88. The van der Waals surface area contributed by atoms with E-state index in [1.54, 1.807) is 29.2 Å². The first-order valence-electron chi connectivity index (χ1n) is 5.65. The topological polar surface area (TPSA) is 57.6 Å². The van der Waals surface area contributed by atoms with E-state index in [1.807, 2.05) is 13.8 Å². The van der Waals surface area contributed by atoms with Gasteiger partial charge in [-0.3, -0.25) is 9.59 Å². The van der Waals surface area contributed by atoms with E-state index in [0.29, 0.717) is 11.1 Å². The monoisotopic (exact) mass is 233 g/mol. The van der Waals surface area contributed by atoms with Gasteiger partial charge in [0, 0.05) is 18.2 Å². The number of carbonyl (C=O) groups excluding carboxylic acids is 1. The molecule has 4 nitrogen and oxygen atoms in total. The number of aliphatic carboxylic acids is 1. The zero-order chi connectivity index (χ0) is 12.6. The summed E-state index contributed by atoms with van der Waals surface area (Å²) in [4.78, 5) is 25.0. The van der Waals surface area contributed by atoms with Gasteiger partial charge in [0.15, 0.2) is 0 Å². The van der Waals surface area contributed by atoms with E-state index < -0.39 is 11.9 Å². The van der Waals surface area contributed by atoms with Gasteiger partial charge in [0.05, 0.1) is 0 Å². The van der Waals surface area contributed by atoms with Crippen LogP contribution in [0.1, 0.15) is 35.7 Å². The molecule has 4 heteroatoms. The molecule has 1 aliphatic heterocycles. The Morgan fingerprint density at radius 2 is 2.06 bits per heavy atom. The lowest BCUT2D eigenvalue weighted by atomic mass is 9.88. The molecule has 0 saturated heterocycles. The minimum atomic E-state index is -0.879. The first kappa shape index (κ1) is 11.6. The molecule has 1 amide bonds. The highest BCUT2D eigenvalue weighted by atomic mass is 16.4. The van der Waals surface area contributed by atoms with E-state index in [2.05, 4.69) is 0 Å². The van der Waals surface area contributed by atoms with Gasteiger partial charge in [-0.15, -0.1) is 0 Å². The normalized spacial score (nSPS) is 19.4.